The smallest absolute Gasteiger partial charge is 0.243 e. The minimum absolute atomic E-state index is 0.101. The summed E-state index contributed by atoms with van der Waals surface area (Å²) >= 11 is 1.47. The summed E-state index contributed by atoms with van der Waals surface area (Å²) < 4.78 is 26.9. The predicted molar refractivity (Wildman–Crippen MR) is 98.0 cm³/mol. The van der Waals surface area contributed by atoms with Crippen LogP contribution in [-0.4, -0.2) is 59.2 Å². The number of benzene rings is 1. The van der Waals surface area contributed by atoms with Gasteiger partial charge in [-0.1, -0.05) is 30.0 Å². The number of amides is 1. The molecule has 0 unspecified atom stereocenters. The lowest BCUT2D eigenvalue weighted by Crippen LogP contribution is -2.45. The van der Waals surface area contributed by atoms with Gasteiger partial charge in [0.1, 0.15) is 6.33 Å². The van der Waals surface area contributed by atoms with E-state index in [1.807, 2.05) is 0 Å². The van der Waals surface area contributed by atoms with Gasteiger partial charge in [0, 0.05) is 25.4 Å². The number of nitrogens with one attached hydrogen (secondary N) is 2. The Balaban J connectivity index is 1.52. The molecule has 10 heteroatoms. The Hall–Kier alpha value is -1.91. The number of carbonyl (C=O) groups is 1. The number of rotatable bonds is 7. The third-order valence-corrected chi connectivity index (χ3v) is 6.93. The van der Waals surface area contributed by atoms with E-state index in [1.165, 1.54) is 22.4 Å². The van der Waals surface area contributed by atoms with E-state index in [2.05, 4.69) is 20.5 Å². The fourth-order valence-electron chi connectivity index (χ4n) is 2.85. The van der Waals surface area contributed by atoms with Gasteiger partial charge < -0.3 is 5.32 Å². The second-order valence-electron chi connectivity index (χ2n) is 5.95. The SMILES string of the molecule is O=C(NCCSc1ncn[nH]1)[C@H]1CCCN(S(=O)(=O)c2ccccc2)C1. The predicted octanol–water partition coefficient (Wildman–Crippen LogP) is 1.11. The lowest BCUT2D eigenvalue weighted by Gasteiger charge is -2.31. The van der Waals surface area contributed by atoms with Crippen LogP contribution in [0, 0.1) is 5.92 Å². The van der Waals surface area contributed by atoms with Crippen LogP contribution in [0.4, 0.5) is 0 Å². The topological polar surface area (TPSA) is 108 Å². The van der Waals surface area contributed by atoms with Crippen molar-refractivity contribution in [3.05, 3.63) is 36.7 Å². The fraction of sp³-hybridized carbons (Fsp3) is 0.438. The Morgan fingerprint density at radius 1 is 1.35 bits per heavy atom. The average molecular weight is 396 g/mol. The minimum Gasteiger partial charge on any atom is -0.355 e. The molecule has 8 nitrogen and oxygen atoms in total. The number of hydrogen-bond acceptors (Lipinski definition) is 6. The molecule has 2 N–H and O–H groups in total. The molecule has 1 fully saturated rings. The Morgan fingerprint density at radius 3 is 2.88 bits per heavy atom. The maximum Gasteiger partial charge on any atom is 0.243 e. The summed E-state index contributed by atoms with van der Waals surface area (Å²) in [5.74, 6) is 0.244. The fourth-order valence-corrected chi connectivity index (χ4v) is 5.03. The molecule has 0 radical (unpaired) electrons. The van der Waals surface area contributed by atoms with Crippen LogP contribution in [0.1, 0.15) is 12.8 Å². The lowest BCUT2D eigenvalue weighted by molar-refractivity contribution is -0.125. The molecule has 1 saturated heterocycles. The molecule has 1 aliphatic rings. The first-order valence-corrected chi connectivity index (χ1v) is 10.8. The summed E-state index contributed by atoms with van der Waals surface area (Å²) in [6.45, 7) is 1.16. The molecule has 2 aromatic rings. The molecule has 1 atom stereocenters. The summed E-state index contributed by atoms with van der Waals surface area (Å²) in [5.41, 5.74) is 0. The van der Waals surface area contributed by atoms with Crippen LogP contribution >= 0.6 is 11.8 Å². The number of H-pyrrole nitrogens is 1. The number of aromatic nitrogens is 3. The second-order valence-corrected chi connectivity index (χ2v) is 8.97. The molecule has 1 amide bonds. The van der Waals surface area contributed by atoms with Crippen molar-refractivity contribution in [1.29, 1.82) is 0 Å². The van der Waals surface area contributed by atoms with Crippen molar-refractivity contribution in [2.75, 3.05) is 25.4 Å². The summed E-state index contributed by atoms with van der Waals surface area (Å²) in [5, 5.41) is 10.1. The molecule has 0 spiro atoms. The van der Waals surface area contributed by atoms with Crippen LogP contribution in [0.5, 0.6) is 0 Å². The number of sulfonamides is 1. The number of nitrogens with zero attached hydrogens (tertiary/aromatic N) is 3. The van der Waals surface area contributed by atoms with E-state index in [0.717, 1.165) is 0 Å². The normalized spacial score (nSPS) is 18.5. The Kier molecular flexibility index (Phi) is 6.28. The van der Waals surface area contributed by atoms with Gasteiger partial charge in [-0.3, -0.25) is 9.89 Å². The number of hydrogen-bond donors (Lipinski definition) is 2. The average Bonchev–Trinajstić information content (AvgIpc) is 3.19. The summed E-state index contributed by atoms with van der Waals surface area (Å²) in [6, 6.07) is 8.35. The molecule has 0 saturated carbocycles. The van der Waals surface area contributed by atoms with Crippen LogP contribution in [0.3, 0.4) is 0 Å². The Labute approximate surface area is 156 Å². The largest absolute Gasteiger partial charge is 0.355 e. The van der Waals surface area contributed by atoms with Gasteiger partial charge >= 0.3 is 0 Å². The molecule has 1 aromatic carbocycles. The molecule has 1 aromatic heterocycles. The maximum atomic E-state index is 12.7. The van der Waals surface area contributed by atoms with Gasteiger partial charge in [-0.2, -0.15) is 9.40 Å². The second kappa shape index (κ2) is 8.65. The van der Waals surface area contributed by atoms with Gasteiger partial charge in [0.05, 0.1) is 10.8 Å². The van der Waals surface area contributed by atoms with Gasteiger partial charge in [0.15, 0.2) is 5.16 Å². The molecule has 1 aliphatic heterocycles. The van der Waals surface area contributed by atoms with Crippen LogP contribution < -0.4 is 5.32 Å². The maximum absolute atomic E-state index is 12.7. The zero-order valence-corrected chi connectivity index (χ0v) is 15.8. The van der Waals surface area contributed by atoms with Crippen LogP contribution in [0.15, 0.2) is 46.7 Å². The van der Waals surface area contributed by atoms with Crippen molar-refractivity contribution < 1.29 is 13.2 Å². The highest BCUT2D eigenvalue weighted by molar-refractivity contribution is 7.99. The minimum atomic E-state index is -3.55. The van der Waals surface area contributed by atoms with E-state index in [-0.39, 0.29) is 23.3 Å². The van der Waals surface area contributed by atoms with Gasteiger partial charge in [-0.25, -0.2) is 13.4 Å². The standard InChI is InChI=1S/C16H21N5O3S2/c22-15(17-8-10-25-16-18-12-19-20-16)13-5-4-9-21(11-13)26(23,24)14-6-2-1-3-7-14/h1-3,6-7,12-13H,4-5,8-11H2,(H,17,22)(H,18,19,20)/t13-/m0/s1. The molecule has 3 rings (SSSR count). The molecule has 0 bridgehead atoms. The monoisotopic (exact) mass is 395 g/mol. The molecule has 2 heterocycles. The molecular weight excluding hydrogens is 374 g/mol. The first-order valence-electron chi connectivity index (χ1n) is 8.38. The number of thioether (sulfide) groups is 1. The van der Waals surface area contributed by atoms with Crippen molar-refractivity contribution in [1.82, 2.24) is 24.8 Å². The molecule has 0 aliphatic carbocycles. The quantitative estimate of drug-likeness (QED) is 0.537. The first kappa shape index (κ1) is 18.9. The summed E-state index contributed by atoms with van der Waals surface area (Å²) in [7, 11) is -3.55. The van der Waals surface area contributed by atoms with Gasteiger partial charge in [-0.15, -0.1) is 0 Å². The third kappa shape index (κ3) is 4.63. The van der Waals surface area contributed by atoms with Gasteiger partial charge in [0.25, 0.3) is 0 Å². The van der Waals surface area contributed by atoms with E-state index in [1.54, 1.807) is 30.3 Å². The number of aromatic amines is 1. The highest BCUT2D eigenvalue weighted by Crippen LogP contribution is 2.23. The van der Waals surface area contributed by atoms with Crippen molar-refractivity contribution in [2.24, 2.45) is 5.92 Å². The highest BCUT2D eigenvalue weighted by Gasteiger charge is 2.33. The molecular formula is C16H21N5O3S2. The lowest BCUT2D eigenvalue weighted by atomic mass is 9.99. The van der Waals surface area contributed by atoms with E-state index >= 15 is 0 Å². The van der Waals surface area contributed by atoms with E-state index in [9.17, 15) is 13.2 Å². The zero-order chi connectivity index (χ0) is 18.4. The molecule has 140 valence electrons. The van der Waals surface area contributed by atoms with Gasteiger partial charge in [-0.05, 0) is 25.0 Å². The van der Waals surface area contributed by atoms with E-state index in [0.29, 0.717) is 36.8 Å². The van der Waals surface area contributed by atoms with E-state index in [4.69, 9.17) is 0 Å². The zero-order valence-electron chi connectivity index (χ0n) is 14.2. The molecule has 26 heavy (non-hydrogen) atoms. The van der Waals surface area contributed by atoms with Crippen LogP contribution in [0.25, 0.3) is 0 Å². The van der Waals surface area contributed by atoms with Crippen LogP contribution in [0.2, 0.25) is 0 Å². The number of carbonyl (C=O) groups excluding carboxylic acids is 1. The highest BCUT2D eigenvalue weighted by atomic mass is 32.2. The van der Waals surface area contributed by atoms with Crippen molar-refractivity contribution >= 4 is 27.7 Å². The Morgan fingerprint density at radius 2 is 2.15 bits per heavy atom. The van der Waals surface area contributed by atoms with E-state index < -0.39 is 10.0 Å². The van der Waals surface area contributed by atoms with Crippen molar-refractivity contribution in [3.63, 3.8) is 0 Å². The first-order chi connectivity index (χ1) is 12.6. The number of piperidine rings is 1. The van der Waals surface area contributed by atoms with Crippen LogP contribution in [-0.2, 0) is 14.8 Å². The Bertz CT molecular complexity index is 812. The van der Waals surface area contributed by atoms with Crippen molar-refractivity contribution in [3.8, 4) is 0 Å². The summed E-state index contributed by atoms with van der Waals surface area (Å²) in [6.07, 6.45) is 2.81. The summed E-state index contributed by atoms with van der Waals surface area (Å²) in [4.78, 5) is 16.7. The van der Waals surface area contributed by atoms with Crippen molar-refractivity contribution in [2.45, 2.75) is 22.9 Å². The third-order valence-electron chi connectivity index (χ3n) is 4.17. The van der Waals surface area contributed by atoms with Gasteiger partial charge in [0.2, 0.25) is 15.9 Å².